The molecule has 0 bridgehead atoms. The highest BCUT2D eigenvalue weighted by Crippen LogP contribution is 2.27. The first kappa shape index (κ1) is 13.9. The second-order valence-electron chi connectivity index (χ2n) is 5.52. The number of hydrogen-bond donors (Lipinski definition) is 0. The molecular weight excluding hydrogens is 212 g/mol. The predicted molar refractivity (Wildman–Crippen MR) is 70.1 cm³/mol. The van der Waals surface area contributed by atoms with Gasteiger partial charge in [-0.2, -0.15) is 0 Å². The Morgan fingerprint density at radius 3 is 2.06 bits per heavy atom. The fourth-order valence-corrected chi connectivity index (χ4v) is 1.90. The Balaban J connectivity index is 2.97. The van der Waals surface area contributed by atoms with Gasteiger partial charge in [-0.25, -0.2) is 0 Å². The molecule has 0 saturated carbocycles. The van der Waals surface area contributed by atoms with Crippen LogP contribution in [-0.4, -0.2) is 13.4 Å². The maximum atomic E-state index is 10.8. The summed E-state index contributed by atoms with van der Waals surface area (Å²) in [5, 5.41) is 0. The Hall–Kier alpha value is -1.15. The number of carbonyl (C=O) groups is 1. The lowest BCUT2D eigenvalue weighted by Crippen LogP contribution is -2.14. The van der Waals surface area contributed by atoms with Gasteiger partial charge in [-0.15, -0.1) is 0 Å². The summed E-state index contributed by atoms with van der Waals surface area (Å²) in [7, 11) is 1.64. The van der Waals surface area contributed by atoms with E-state index in [0.717, 1.165) is 11.8 Å². The summed E-state index contributed by atoms with van der Waals surface area (Å²) in [5.74, 6) is -0.125. The maximum absolute atomic E-state index is 10.8. The highest BCUT2D eigenvalue weighted by molar-refractivity contribution is 5.54. The summed E-state index contributed by atoms with van der Waals surface area (Å²) >= 11 is 0. The quantitative estimate of drug-likeness (QED) is 0.745. The highest BCUT2D eigenvalue weighted by Gasteiger charge is 2.19. The molecule has 2 atom stereocenters. The van der Waals surface area contributed by atoms with Crippen LogP contribution in [0, 0.1) is 5.92 Å². The molecule has 2 unspecified atom stereocenters. The average molecular weight is 234 g/mol. The third kappa shape index (κ3) is 3.40. The second-order valence-corrected chi connectivity index (χ2v) is 5.52. The number of ether oxygens (including phenoxy) is 1. The Labute approximate surface area is 104 Å². The van der Waals surface area contributed by atoms with Crippen LogP contribution in [0.15, 0.2) is 24.3 Å². The van der Waals surface area contributed by atoms with E-state index in [1.165, 1.54) is 5.56 Å². The summed E-state index contributed by atoms with van der Waals surface area (Å²) in [5.41, 5.74) is 2.49. The molecule has 0 amide bonds. The standard InChI is InChI=1S/C15H22O2/c1-11(10-16)14(17-5)12-6-8-13(9-7-12)15(2,3)4/h6-11,14H,1-5H3. The van der Waals surface area contributed by atoms with Crippen LogP contribution in [0.25, 0.3) is 0 Å². The van der Waals surface area contributed by atoms with E-state index in [9.17, 15) is 4.79 Å². The zero-order chi connectivity index (χ0) is 13.1. The molecule has 94 valence electrons. The highest BCUT2D eigenvalue weighted by atomic mass is 16.5. The van der Waals surface area contributed by atoms with Gasteiger partial charge in [0, 0.05) is 13.0 Å². The van der Waals surface area contributed by atoms with E-state index < -0.39 is 0 Å². The molecule has 1 aromatic rings. The van der Waals surface area contributed by atoms with Crippen LogP contribution in [0.5, 0.6) is 0 Å². The summed E-state index contributed by atoms with van der Waals surface area (Å²) in [6.45, 7) is 8.43. The van der Waals surface area contributed by atoms with Crippen molar-refractivity contribution in [1.29, 1.82) is 0 Å². The molecule has 0 saturated heterocycles. The first-order chi connectivity index (χ1) is 7.90. The van der Waals surface area contributed by atoms with Crippen molar-refractivity contribution in [1.82, 2.24) is 0 Å². The minimum absolute atomic E-state index is 0.125. The Morgan fingerprint density at radius 2 is 1.71 bits per heavy atom. The third-order valence-electron chi connectivity index (χ3n) is 3.05. The molecule has 0 aliphatic rings. The van der Waals surface area contributed by atoms with Gasteiger partial charge in [-0.1, -0.05) is 52.0 Å². The minimum atomic E-state index is -0.151. The zero-order valence-electron chi connectivity index (χ0n) is 11.4. The van der Waals surface area contributed by atoms with Gasteiger partial charge in [-0.05, 0) is 16.5 Å². The summed E-state index contributed by atoms with van der Waals surface area (Å²) < 4.78 is 5.38. The van der Waals surface area contributed by atoms with Crippen LogP contribution in [0.1, 0.15) is 44.9 Å². The molecule has 0 radical (unpaired) electrons. The minimum Gasteiger partial charge on any atom is -0.376 e. The maximum Gasteiger partial charge on any atom is 0.125 e. The SMILES string of the molecule is COC(c1ccc(C(C)(C)C)cc1)C(C)C=O. The molecule has 0 heterocycles. The number of aldehydes is 1. The Kier molecular flexibility index (Phi) is 4.47. The van der Waals surface area contributed by atoms with Crippen molar-refractivity contribution < 1.29 is 9.53 Å². The zero-order valence-corrected chi connectivity index (χ0v) is 11.4. The number of hydrogen-bond acceptors (Lipinski definition) is 2. The van der Waals surface area contributed by atoms with Crippen molar-refractivity contribution in [2.24, 2.45) is 5.92 Å². The summed E-state index contributed by atoms with van der Waals surface area (Å²) in [6.07, 6.45) is 0.785. The molecule has 0 N–H and O–H groups in total. The van der Waals surface area contributed by atoms with Crippen molar-refractivity contribution in [2.45, 2.75) is 39.2 Å². The van der Waals surface area contributed by atoms with Crippen molar-refractivity contribution >= 4 is 6.29 Å². The average Bonchev–Trinajstić information content (AvgIpc) is 2.29. The third-order valence-corrected chi connectivity index (χ3v) is 3.05. The fraction of sp³-hybridized carbons (Fsp3) is 0.533. The van der Waals surface area contributed by atoms with E-state index in [0.29, 0.717) is 0 Å². The largest absolute Gasteiger partial charge is 0.376 e. The molecule has 1 aromatic carbocycles. The lowest BCUT2D eigenvalue weighted by atomic mass is 9.86. The van der Waals surface area contributed by atoms with Gasteiger partial charge < -0.3 is 9.53 Å². The Morgan fingerprint density at radius 1 is 1.18 bits per heavy atom. The van der Waals surface area contributed by atoms with E-state index >= 15 is 0 Å². The molecule has 0 spiro atoms. The van der Waals surface area contributed by atoms with E-state index in [1.54, 1.807) is 7.11 Å². The van der Waals surface area contributed by atoms with Gasteiger partial charge in [0.25, 0.3) is 0 Å². The van der Waals surface area contributed by atoms with E-state index in [1.807, 2.05) is 6.92 Å². The van der Waals surface area contributed by atoms with Crippen molar-refractivity contribution in [3.63, 3.8) is 0 Å². The van der Waals surface area contributed by atoms with Crippen LogP contribution in [0.2, 0.25) is 0 Å². The predicted octanol–water partition coefficient (Wildman–Crippen LogP) is 3.51. The van der Waals surface area contributed by atoms with Crippen molar-refractivity contribution in [2.75, 3.05) is 7.11 Å². The van der Waals surface area contributed by atoms with Crippen LogP contribution < -0.4 is 0 Å². The van der Waals surface area contributed by atoms with Gasteiger partial charge >= 0.3 is 0 Å². The van der Waals surface area contributed by atoms with E-state index in [4.69, 9.17) is 4.74 Å². The number of rotatable bonds is 4. The molecule has 17 heavy (non-hydrogen) atoms. The fourth-order valence-electron chi connectivity index (χ4n) is 1.90. The molecule has 2 heteroatoms. The van der Waals surface area contributed by atoms with E-state index in [2.05, 4.69) is 45.0 Å². The molecular formula is C15H22O2. The molecule has 2 nitrogen and oxygen atoms in total. The second kappa shape index (κ2) is 5.46. The van der Waals surface area contributed by atoms with Gasteiger partial charge in [0.15, 0.2) is 0 Å². The van der Waals surface area contributed by atoms with Crippen LogP contribution in [0.4, 0.5) is 0 Å². The van der Waals surface area contributed by atoms with Gasteiger partial charge in [0.2, 0.25) is 0 Å². The van der Waals surface area contributed by atoms with Gasteiger partial charge in [-0.3, -0.25) is 0 Å². The van der Waals surface area contributed by atoms with Crippen LogP contribution in [-0.2, 0) is 14.9 Å². The van der Waals surface area contributed by atoms with Gasteiger partial charge in [0.05, 0.1) is 6.10 Å². The normalized spacial score (nSPS) is 15.4. The molecule has 0 fully saturated rings. The first-order valence-corrected chi connectivity index (χ1v) is 5.98. The summed E-state index contributed by atoms with van der Waals surface area (Å²) in [6, 6.07) is 8.32. The topological polar surface area (TPSA) is 26.3 Å². The Bertz CT molecular complexity index is 360. The molecule has 0 aliphatic heterocycles. The number of methoxy groups -OCH3 is 1. The van der Waals surface area contributed by atoms with Crippen LogP contribution >= 0.6 is 0 Å². The molecule has 0 aliphatic carbocycles. The van der Waals surface area contributed by atoms with Crippen molar-refractivity contribution in [3.05, 3.63) is 35.4 Å². The smallest absolute Gasteiger partial charge is 0.125 e. The molecule has 0 aromatic heterocycles. The lowest BCUT2D eigenvalue weighted by Gasteiger charge is -2.22. The lowest BCUT2D eigenvalue weighted by molar-refractivity contribution is -0.114. The number of benzene rings is 1. The van der Waals surface area contributed by atoms with Crippen LogP contribution in [0.3, 0.4) is 0 Å². The first-order valence-electron chi connectivity index (χ1n) is 5.98. The van der Waals surface area contributed by atoms with Gasteiger partial charge in [0.1, 0.15) is 6.29 Å². The molecule has 1 rings (SSSR count). The monoisotopic (exact) mass is 234 g/mol. The van der Waals surface area contributed by atoms with Crippen molar-refractivity contribution in [3.8, 4) is 0 Å². The summed E-state index contributed by atoms with van der Waals surface area (Å²) in [4.78, 5) is 10.8. The number of carbonyl (C=O) groups excluding carboxylic acids is 1. The van der Waals surface area contributed by atoms with E-state index in [-0.39, 0.29) is 17.4 Å².